The van der Waals surface area contributed by atoms with E-state index in [9.17, 15) is 0 Å². The van der Waals surface area contributed by atoms with Crippen LogP contribution in [-0.4, -0.2) is 13.1 Å². The summed E-state index contributed by atoms with van der Waals surface area (Å²) in [5.41, 5.74) is 4.84. The van der Waals surface area contributed by atoms with Gasteiger partial charge in [0, 0.05) is 13.1 Å². The van der Waals surface area contributed by atoms with Crippen molar-refractivity contribution >= 4 is 13.3 Å². The third-order valence-electron chi connectivity index (χ3n) is 5.67. The van der Waals surface area contributed by atoms with E-state index in [-0.39, 0.29) is 5.41 Å². The van der Waals surface area contributed by atoms with Crippen molar-refractivity contribution in [2.75, 3.05) is 0 Å². The highest BCUT2D eigenvalue weighted by molar-refractivity contribution is 6.89. The predicted molar refractivity (Wildman–Crippen MR) is 115 cm³/mol. The quantitative estimate of drug-likeness (QED) is 0.540. The molecule has 1 heterocycles. The Labute approximate surface area is 157 Å². The van der Waals surface area contributed by atoms with Gasteiger partial charge in [0.2, 0.25) is 0 Å². The van der Waals surface area contributed by atoms with Gasteiger partial charge in [0.25, 0.3) is 0 Å². The monoisotopic (exact) mass is 354 g/mol. The summed E-state index contributed by atoms with van der Waals surface area (Å²) in [5.74, 6) is -0.619. The van der Waals surface area contributed by atoms with Crippen LogP contribution in [0.25, 0.3) is 11.3 Å². The fourth-order valence-corrected chi connectivity index (χ4v) is 4.92. The Morgan fingerprint density at radius 3 is 2.28 bits per heavy atom. The van der Waals surface area contributed by atoms with E-state index in [2.05, 4.69) is 70.7 Å². The molecule has 0 aliphatic carbocycles. The third kappa shape index (κ3) is 4.23. The topological polar surface area (TPSA) is 12.9 Å². The molecule has 1 aromatic heterocycles. The van der Waals surface area contributed by atoms with Crippen molar-refractivity contribution in [3.05, 3.63) is 47.7 Å². The predicted octanol–water partition coefficient (Wildman–Crippen LogP) is 6.49. The number of aromatic nitrogens is 1. The first-order valence-electron chi connectivity index (χ1n) is 10.0. The second-order valence-corrected chi connectivity index (χ2v) is 13.8. The van der Waals surface area contributed by atoms with Crippen LogP contribution in [-0.2, 0) is 5.41 Å². The zero-order chi connectivity index (χ0) is 19.8. The molecule has 136 valence electrons. The molecule has 0 N–H and O–H groups in total. The second-order valence-electron chi connectivity index (χ2n) is 8.71. The van der Waals surface area contributed by atoms with E-state index < -0.39 is 14.0 Å². The molecule has 1 nitrogen and oxygen atoms in total. The summed E-state index contributed by atoms with van der Waals surface area (Å²) >= 11 is 0. The molecule has 0 saturated heterocycles. The van der Waals surface area contributed by atoms with Crippen molar-refractivity contribution < 1.29 is 1.37 Å². The summed E-state index contributed by atoms with van der Waals surface area (Å²) in [5, 5.41) is 1.30. The lowest BCUT2D eigenvalue weighted by atomic mass is 9.77. The zero-order valence-corrected chi connectivity index (χ0v) is 18.3. The van der Waals surface area contributed by atoms with Gasteiger partial charge in [0.15, 0.2) is 0 Å². The standard InChI is InChI=1S/C23H35NSi/c1-9-23(5,10-2)19-13-11-12-18(14-19)21-15-20(17(3)4)22(16-24-21)25(6,7)8/h11-17H,9-10H2,1-8H3/i17D. The summed E-state index contributed by atoms with van der Waals surface area (Å²) in [6, 6.07) is 11.0. The molecular formula is C23H35NSi. The lowest BCUT2D eigenvalue weighted by Crippen LogP contribution is -2.40. The van der Waals surface area contributed by atoms with E-state index in [0.717, 1.165) is 29.7 Å². The Bertz CT molecular complexity index is 765. The fraction of sp³-hybridized carbons (Fsp3) is 0.522. The van der Waals surface area contributed by atoms with Gasteiger partial charge in [-0.15, -0.1) is 0 Å². The van der Waals surface area contributed by atoms with Gasteiger partial charge in [-0.3, -0.25) is 4.98 Å². The van der Waals surface area contributed by atoms with Crippen LogP contribution in [0.3, 0.4) is 0 Å². The van der Waals surface area contributed by atoms with Gasteiger partial charge in [0.1, 0.15) is 0 Å². The van der Waals surface area contributed by atoms with Gasteiger partial charge in [-0.25, -0.2) is 0 Å². The smallest absolute Gasteiger partial charge is 0.0799 e. The second kappa shape index (κ2) is 7.45. The van der Waals surface area contributed by atoms with Crippen molar-refractivity contribution in [3.8, 4) is 11.3 Å². The average molecular weight is 355 g/mol. The fourth-order valence-electron chi connectivity index (χ4n) is 3.34. The van der Waals surface area contributed by atoms with Crippen LogP contribution in [0.5, 0.6) is 0 Å². The van der Waals surface area contributed by atoms with Crippen LogP contribution < -0.4 is 5.19 Å². The van der Waals surface area contributed by atoms with Crippen LogP contribution in [0.15, 0.2) is 36.5 Å². The van der Waals surface area contributed by atoms with E-state index in [1.807, 2.05) is 20.0 Å². The van der Waals surface area contributed by atoms with Crippen LogP contribution >= 0.6 is 0 Å². The van der Waals surface area contributed by atoms with Crippen LogP contribution in [0, 0.1) is 0 Å². The van der Waals surface area contributed by atoms with Gasteiger partial charge in [-0.2, -0.15) is 0 Å². The highest BCUT2D eigenvalue weighted by Gasteiger charge is 2.24. The van der Waals surface area contributed by atoms with Crippen molar-refractivity contribution in [2.24, 2.45) is 0 Å². The molecular weight excluding hydrogens is 318 g/mol. The largest absolute Gasteiger partial charge is 0.256 e. The highest BCUT2D eigenvalue weighted by atomic mass is 28.3. The molecule has 0 unspecified atom stereocenters. The molecule has 2 aromatic rings. The minimum absolute atomic E-state index is 0.200. The van der Waals surface area contributed by atoms with Gasteiger partial charge in [-0.1, -0.05) is 72.5 Å². The maximum Gasteiger partial charge on any atom is 0.0799 e. The number of pyridine rings is 1. The van der Waals surface area contributed by atoms with Crippen LogP contribution in [0.1, 0.15) is 65.9 Å². The lowest BCUT2D eigenvalue weighted by molar-refractivity contribution is 0.439. The van der Waals surface area contributed by atoms with Crippen molar-refractivity contribution in [2.45, 2.75) is 78.4 Å². The normalized spacial score (nSPS) is 13.7. The van der Waals surface area contributed by atoms with Crippen LogP contribution in [0.4, 0.5) is 0 Å². The van der Waals surface area contributed by atoms with Crippen molar-refractivity contribution in [3.63, 3.8) is 0 Å². The summed E-state index contributed by atoms with van der Waals surface area (Å²) in [6.45, 7) is 17.8. The molecule has 0 saturated carbocycles. The summed E-state index contributed by atoms with van der Waals surface area (Å²) in [7, 11) is -1.55. The molecule has 0 aliphatic rings. The minimum atomic E-state index is -1.55. The van der Waals surface area contributed by atoms with E-state index in [0.29, 0.717) is 0 Å². The maximum absolute atomic E-state index is 8.65. The first-order chi connectivity index (χ1) is 11.9. The zero-order valence-electron chi connectivity index (χ0n) is 18.3. The first-order valence-corrected chi connectivity index (χ1v) is 13.0. The number of hydrogen-bond donors (Lipinski definition) is 0. The Morgan fingerprint density at radius 1 is 1.12 bits per heavy atom. The Morgan fingerprint density at radius 2 is 1.76 bits per heavy atom. The third-order valence-corrected chi connectivity index (χ3v) is 7.68. The van der Waals surface area contributed by atoms with E-state index in [4.69, 9.17) is 6.35 Å². The summed E-state index contributed by atoms with van der Waals surface area (Å²) < 4.78 is 8.65. The van der Waals surface area contributed by atoms with Crippen molar-refractivity contribution in [1.82, 2.24) is 4.98 Å². The maximum atomic E-state index is 8.65. The average Bonchev–Trinajstić information content (AvgIpc) is 2.59. The molecule has 0 spiro atoms. The Hall–Kier alpha value is -1.41. The molecule has 2 heteroatoms. The van der Waals surface area contributed by atoms with E-state index in [1.54, 1.807) is 0 Å². The number of nitrogens with zero attached hydrogens (tertiary/aromatic N) is 1. The van der Waals surface area contributed by atoms with E-state index in [1.165, 1.54) is 10.8 Å². The molecule has 0 amide bonds. The molecule has 25 heavy (non-hydrogen) atoms. The van der Waals surface area contributed by atoms with Gasteiger partial charge in [0.05, 0.1) is 13.8 Å². The van der Waals surface area contributed by atoms with Crippen LogP contribution in [0.2, 0.25) is 19.6 Å². The first kappa shape index (κ1) is 18.4. The molecule has 0 aliphatic heterocycles. The molecule has 0 atom stereocenters. The molecule has 2 rings (SSSR count). The lowest BCUT2D eigenvalue weighted by Gasteiger charge is -2.28. The van der Waals surface area contributed by atoms with Gasteiger partial charge in [-0.05, 0) is 52.6 Å². The Kier molecular flexibility index (Phi) is 5.48. The summed E-state index contributed by atoms with van der Waals surface area (Å²) in [4.78, 5) is 4.82. The minimum Gasteiger partial charge on any atom is -0.256 e. The van der Waals surface area contributed by atoms with E-state index >= 15 is 0 Å². The van der Waals surface area contributed by atoms with Crippen molar-refractivity contribution in [1.29, 1.82) is 0 Å². The number of rotatable bonds is 6. The molecule has 1 aromatic carbocycles. The summed E-state index contributed by atoms with van der Waals surface area (Å²) in [6.07, 6.45) is 4.29. The van der Waals surface area contributed by atoms with Gasteiger partial charge >= 0.3 is 0 Å². The Balaban J connectivity index is 2.61. The number of benzene rings is 1. The molecule has 0 bridgehead atoms. The highest BCUT2D eigenvalue weighted by Crippen LogP contribution is 2.33. The molecule has 0 radical (unpaired) electrons. The molecule has 0 fully saturated rings. The van der Waals surface area contributed by atoms with Gasteiger partial charge < -0.3 is 0 Å². The SMILES string of the molecule is [2H]C(C)(C)c1cc(-c2cccc(C(C)(CC)CC)c2)ncc1[Si](C)(C)C. The number of hydrogen-bond acceptors (Lipinski definition) is 1.